The molecule has 0 aromatic heterocycles. The first-order valence-electron chi connectivity index (χ1n) is 7.18. The van der Waals surface area contributed by atoms with Gasteiger partial charge in [0.1, 0.15) is 11.6 Å². The lowest BCUT2D eigenvalue weighted by Crippen LogP contribution is -2.36. The first-order valence-corrected chi connectivity index (χ1v) is 7.56. The maximum absolute atomic E-state index is 6.06. The van der Waals surface area contributed by atoms with E-state index in [4.69, 9.17) is 16.3 Å². The number of ether oxygens (including phenoxy) is 1. The molecule has 3 rings (SSSR count). The third-order valence-electron chi connectivity index (χ3n) is 3.77. The van der Waals surface area contributed by atoms with Crippen molar-refractivity contribution in [2.75, 3.05) is 13.1 Å². The van der Waals surface area contributed by atoms with Crippen LogP contribution in [0.25, 0.3) is 0 Å². The third kappa shape index (κ3) is 2.88. The Morgan fingerprint density at radius 1 is 1.36 bits per heavy atom. The molecule has 1 unspecified atom stereocenters. The Bertz CT molecular complexity index is 648. The van der Waals surface area contributed by atoms with Crippen molar-refractivity contribution in [3.8, 4) is 0 Å². The van der Waals surface area contributed by atoms with Crippen LogP contribution >= 0.6 is 11.6 Å². The Morgan fingerprint density at radius 2 is 2.14 bits per heavy atom. The summed E-state index contributed by atoms with van der Waals surface area (Å²) in [5.74, 6) is 1.78. The molecule has 1 N–H and O–H groups in total. The van der Waals surface area contributed by atoms with E-state index < -0.39 is 0 Å². The highest BCUT2D eigenvalue weighted by Gasteiger charge is 2.31. The highest BCUT2D eigenvalue weighted by molar-refractivity contribution is 6.30. The summed E-state index contributed by atoms with van der Waals surface area (Å²) in [6, 6.07) is 7.70. The summed E-state index contributed by atoms with van der Waals surface area (Å²) < 4.78 is 6.06. The molecule has 4 nitrogen and oxygen atoms in total. The van der Waals surface area contributed by atoms with E-state index in [-0.39, 0.29) is 6.23 Å². The van der Waals surface area contributed by atoms with Crippen LogP contribution in [0.2, 0.25) is 5.02 Å². The summed E-state index contributed by atoms with van der Waals surface area (Å²) in [7, 11) is 0. The molecular weight excluding hydrogens is 298 g/mol. The van der Waals surface area contributed by atoms with E-state index in [0.717, 1.165) is 35.1 Å². The number of benzene rings is 1. The van der Waals surface area contributed by atoms with Crippen molar-refractivity contribution in [2.24, 2.45) is 4.99 Å². The van der Waals surface area contributed by atoms with Crippen molar-refractivity contribution in [2.45, 2.75) is 12.6 Å². The van der Waals surface area contributed by atoms with E-state index in [1.165, 1.54) is 11.9 Å². The minimum atomic E-state index is -0.147. The van der Waals surface area contributed by atoms with Gasteiger partial charge in [-0.2, -0.15) is 0 Å². The second kappa shape index (κ2) is 6.28. The molecule has 2 heterocycles. The fraction of sp³-hybridized carbons (Fsp3) is 0.235. The van der Waals surface area contributed by atoms with Crippen LogP contribution in [0.1, 0.15) is 18.2 Å². The van der Waals surface area contributed by atoms with E-state index in [0.29, 0.717) is 6.54 Å². The van der Waals surface area contributed by atoms with Crippen molar-refractivity contribution >= 4 is 17.4 Å². The van der Waals surface area contributed by atoms with Gasteiger partial charge in [0.25, 0.3) is 0 Å². The zero-order valence-electron chi connectivity index (χ0n) is 12.3. The standard InChI is InChI=1S/C17H18ClN3O/c1-3-16(19-4-2)21-10-9-14-15(11-21)22-17(20-14)12-5-7-13(18)8-6-12/h3-8,17,20H,1-2,9-11H2. The van der Waals surface area contributed by atoms with Crippen molar-refractivity contribution in [3.05, 3.63) is 71.7 Å². The van der Waals surface area contributed by atoms with Crippen molar-refractivity contribution in [3.63, 3.8) is 0 Å². The number of hydrogen-bond donors (Lipinski definition) is 1. The molecule has 0 saturated heterocycles. The predicted molar refractivity (Wildman–Crippen MR) is 89.5 cm³/mol. The quantitative estimate of drug-likeness (QED) is 0.684. The Hall–Kier alpha value is -2.20. The minimum absolute atomic E-state index is 0.147. The molecule has 2 aliphatic rings. The van der Waals surface area contributed by atoms with Gasteiger partial charge in [0.05, 0.1) is 12.2 Å². The zero-order chi connectivity index (χ0) is 15.5. The van der Waals surface area contributed by atoms with Crippen molar-refractivity contribution in [1.29, 1.82) is 0 Å². The summed E-state index contributed by atoms with van der Waals surface area (Å²) in [4.78, 5) is 6.38. The van der Waals surface area contributed by atoms with Gasteiger partial charge in [-0.25, -0.2) is 4.99 Å². The largest absolute Gasteiger partial charge is 0.467 e. The molecule has 0 amide bonds. The van der Waals surface area contributed by atoms with E-state index in [2.05, 4.69) is 28.4 Å². The van der Waals surface area contributed by atoms with Gasteiger partial charge in [-0.05, 0) is 18.2 Å². The molecule has 22 heavy (non-hydrogen) atoms. The topological polar surface area (TPSA) is 36.9 Å². The monoisotopic (exact) mass is 315 g/mol. The molecule has 114 valence electrons. The summed E-state index contributed by atoms with van der Waals surface area (Å²) >= 11 is 5.93. The molecule has 1 atom stereocenters. The lowest BCUT2D eigenvalue weighted by Gasteiger charge is -2.28. The number of rotatable bonds is 3. The summed E-state index contributed by atoms with van der Waals surface area (Å²) in [5, 5.41) is 4.16. The average molecular weight is 316 g/mol. The van der Waals surface area contributed by atoms with Crippen LogP contribution < -0.4 is 5.32 Å². The number of halogens is 1. The Morgan fingerprint density at radius 3 is 2.82 bits per heavy atom. The number of hydrogen-bond acceptors (Lipinski definition) is 3. The molecule has 0 bridgehead atoms. The minimum Gasteiger partial charge on any atom is -0.467 e. The van der Waals surface area contributed by atoms with Gasteiger partial charge in [0.2, 0.25) is 0 Å². The van der Waals surface area contributed by atoms with Gasteiger partial charge in [0, 0.05) is 29.8 Å². The summed E-state index contributed by atoms with van der Waals surface area (Å²) in [5.41, 5.74) is 2.23. The van der Waals surface area contributed by atoms with E-state index in [1.54, 1.807) is 6.08 Å². The molecule has 0 aliphatic carbocycles. The van der Waals surface area contributed by atoms with E-state index >= 15 is 0 Å². The van der Waals surface area contributed by atoms with Crippen LogP contribution in [-0.4, -0.2) is 23.8 Å². The number of amidine groups is 1. The lowest BCUT2D eigenvalue weighted by molar-refractivity contribution is 0.118. The highest BCUT2D eigenvalue weighted by atomic mass is 35.5. The first-order chi connectivity index (χ1) is 10.7. The van der Waals surface area contributed by atoms with Gasteiger partial charge >= 0.3 is 0 Å². The van der Waals surface area contributed by atoms with Gasteiger partial charge in [-0.1, -0.05) is 36.9 Å². The van der Waals surface area contributed by atoms with E-state index in [1.807, 2.05) is 24.3 Å². The normalized spacial score (nSPS) is 21.0. The summed E-state index contributed by atoms with van der Waals surface area (Å²) in [6.07, 6.45) is 4.02. The van der Waals surface area contributed by atoms with Crippen LogP contribution in [0.15, 0.2) is 66.1 Å². The SMILES string of the molecule is C=CN=C(C=C)N1CCC2=C(C1)OC(c1ccc(Cl)cc1)N2. The Kier molecular flexibility index (Phi) is 4.20. The van der Waals surface area contributed by atoms with Gasteiger partial charge < -0.3 is 15.0 Å². The molecule has 1 aromatic rings. The average Bonchev–Trinajstić information content (AvgIpc) is 2.96. The first kappa shape index (κ1) is 14.7. The molecular formula is C17H18ClN3O. The highest BCUT2D eigenvalue weighted by Crippen LogP contribution is 2.32. The lowest BCUT2D eigenvalue weighted by atomic mass is 10.1. The van der Waals surface area contributed by atoms with Gasteiger partial charge in [-0.3, -0.25) is 0 Å². The molecule has 1 aromatic carbocycles. The predicted octanol–water partition coefficient (Wildman–Crippen LogP) is 3.60. The second-order valence-electron chi connectivity index (χ2n) is 5.14. The molecule has 0 spiro atoms. The second-order valence-corrected chi connectivity index (χ2v) is 5.58. The fourth-order valence-electron chi connectivity index (χ4n) is 2.67. The molecule has 0 saturated carbocycles. The number of aliphatic imine (C=N–C) groups is 1. The fourth-order valence-corrected chi connectivity index (χ4v) is 2.79. The smallest absolute Gasteiger partial charge is 0.196 e. The Labute approximate surface area is 135 Å². The maximum atomic E-state index is 6.06. The maximum Gasteiger partial charge on any atom is 0.196 e. The van der Waals surface area contributed by atoms with Crippen LogP contribution in [0.5, 0.6) is 0 Å². The van der Waals surface area contributed by atoms with Gasteiger partial charge in [0.15, 0.2) is 6.23 Å². The molecule has 5 heteroatoms. The molecule has 0 radical (unpaired) electrons. The van der Waals surface area contributed by atoms with Crippen LogP contribution in [0.4, 0.5) is 0 Å². The molecule has 2 aliphatic heterocycles. The zero-order valence-corrected chi connectivity index (χ0v) is 13.0. The van der Waals surface area contributed by atoms with Crippen LogP contribution in [0.3, 0.4) is 0 Å². The molecule has 0 fully saturated rings. The van der Waals surface area contributed by atoms with Gasteiger partial charge in [-0.15, -0.1) is 0 Å². The summed E-state index contributed by atoms with van der Waals surface area (Å²) in [6.45, 7) is 9.01. The third-order valence-corrected chi connectivity index (χ3v) is 4.02. The van der Waals surface area contributed by atoms with Crippen molar-refractivity contribution < 1.29 is 4.74 Å². The Balaban J connectivity index is 1.72. The van der Waals surface area contributed by atoms with E-state index in [9.17, 15) is 0 Å². The number of nitrogens with zero attached hydrogens (tertiary/aromatic N) is 2. The van der Waals surface area contributed by atoms with Crippen molar-refractivity contribution in [1.82, 2.24) is 10.2 Å². The van der Waals surface area contributed by atoms with Crippen LogP contribution in [-0.2, 0) is 4.74 Å². The number of nitrogens with one attached hydrogen (secondary N) is 1. The van der Waals surface area contributed by atoms with Crippen LogP contribution in [0, 0.1) is 0 Å².